The van der Waals surface area contributed by atoms with E-state index in [1.54, 1.807) is 0 Å². The molecule has 1 amide bonds. The largest absolute Gasteiger partial charge is 0.368 e. The molecule has 0 aromatic heterocycles. The number of carbonyl (C=O) groups excluding carboxylic acids is 1. The van der Waals surface area contributed by atoms with E-state index in [1.807, 2.05) is 0 Å². The molecule has 4 heteroatoms. The first kappa shape index (κ1) is 18.4. The Bertz CT molecular complexity index is 330. The van der Waals surface area contributed by atoms with Crippen LogP contribution in [0.25, 0.3) is 0 Å². The SMILES string of the molecule is CCNC1(C(N)=O)CCCC1CCN(CC(C)C)C(C)C. The van der Waals surface area contributed by atoms with E-state index in [9.17, 15) is 4.79 Å². The van der Waals surface area contributed by atoms with Gasteiger partial charge in [-0.1, -0.05) is 27.2 Å². The molecule has 0 aliphatic heterocycles. The van der Waals surface area contributed by atoms with Gasteiger partial charge in [-0.25, -0.2) is 0 Å². The van der Waals surface area contributed by atoms with Gasteiger partial charge >= 0.3 is 0 Å². The fraction of sp³-hybridized carbons (Fsp3) is 0.941. The number of nitrogens with one attached hydrogen (secondary N) is 1. The third-order valence-corrected chi connectivity index (χ3v) is 4.85. The van der Waals surface area contributed by atoms with Crippen molar-refractivity contribution in [3.8, 4) is 0 Å². The maximum Gasteiger partial charge on any atom is 0.238 e. The first-order chi connectivity index (χ1) is 9.83. The van der Waals surface area contributed by atoms with Gasteiger partial charge in [0, 0.05) is 12.6 Å². The van der Waals surface area contributed by atoms with Crippen LogP contribution in [0.2, 0.25) is 0 Å². The molecule has 2 unspecified atom stereocenters. The van der Waals surface area contributed by atoms with Crippen molar-refractivity contribution in [1.29, 1.82) is 0 Å². The summed E-state index contributed by atoms with van der Waals surface area (Å²) in [4.78, 5) is 14.6. The van der Waals surface area contributed by atoms with Crippen LogP contribution in [0.5, 0.6) is 0 Å². The number of nitrogens with zero attached hydrogens (tertiary/aromatic N) is 1. The van der Waals surface area contributed by atoms with Gasteiger partial charge in [-0.3, -0.25) is 4.79 Å². The third kappa shape index (κ3) is 4.68. The Morgan fingerprint density at radius 3 is 2.52 bits per heavy atom. The number of likely N-dealkylation sites (N-methyl/N-ethyl adjacent to an activating group) is 1. The lowest BCUT2D eigenvalue weighted by Gasteiger charge is -2.36. The summed E-state index contributed by atoms with van der Waals surface area (Å²) in [6.07, 6.45) is 4.17. The molecule has 4 nitrogen and oxygen atoms in total. The molecule has 0 spiro atoms. The summed E-state index contributed by atoms with van der Waals surface area (Å²) in [5.41, 5.74) is 5.28. The molecular weight excluding hydrogens is 262 g/mol. The first-order valence-corrected chi connectivity index (χ1v) is 8.62. The highest BCUT2D eigenvalue weighted by Gasteiger charge is 2.46. The lowest BCUT2D eigenvalue weighted by atomic mass is 9.83. The Kier molecular flexibility index (Phi) is 7.14. The second kappa shape index (κ2) is 8.14. The van der Waals surface area contributed by atoms with Gasteiger partial charge in [0.05, 0.1) is 0 Å². The van der Waals surface area contributed by atoms with Crippen molar-refractivity contribution in [3.63, 3.8) is 0 Å². The highest BCUT2D eigenvalue weighted by molar-refractivity contribution is 5.85. The first-order valence-electron chi connectivity index (χ1n) is 8.62. The minimum absolute atomic E-state index is 0.160. The molecular formula is C17H35N3O. The number of primary amides is 1. The summed E-state index contributed by atoms with van der Waals surface area (Å²) in [7, 11) is 0. The van der Waals surface area contributed by atoms with Gasteiger partial charge in [-0.05, 0) is 58.0 Å². The molecule has 0 radical (unpaired) electrons. The molecule has 0 saturated heterocycles. The highest BCUT2D eigenvalue weighted by Crippen LogP contribution is 2.38. The van der Waals surface area contributed by atoms with Gasteiger partial charge in [0.15, 0.2) is 0 Å². The molecule has 124 valence electrons. The number of amides is 1. The fourth-order valence-corrected chi connectivity index (χ4v) is 3.78. The zero-order valence-electron chi connectivity index (χ0n) is 14.6. The summed E-state index contributed by atoms with van der Waals surface area (Å²) >= 11 is 0. The minimum atomic E-state index is -0.463. The van der Waals surface area contributed by atoms with Crippen molar-refractivity contribution in [2.75, 3.05) is 19.6 Å². The topological polar surface area (TPSA) is 58.4 Å². The van der Waals surface area contributed by atoms with Gasteiger partial charge in [0.2, 0.25) is 5.91 Å². The zero-order valence-corrected chi connectivity index (χ0v) is 14.6. The summed E-state index contributed by atoms with van der Waals surface area (Å²) in [6.45, 7) is 14.1. The van der Waals surface area contributed by atoms with Crippen LogP contribution in [0.1, 0.15) is 60.3 Å². The van der Waals surface area contributed by atoms with Crippen LogP contribution in [0.15, 0.2) is 0 Å². The minimum Gasteiger partial charge on any atom is -0.368 e. The molecule has 1 aliphatic carbocycles. The number of nitrogens with two attached hydrogens (primary N) is 1. The van der Waals surface area contributed by atoms with Crippen LogP contribution < -0.4 is 11.1 Å². The maximum atomic E-state index is 12.0. The zero-order chi connectivity index (χ0) is 16.0. The van der Waals surface area contributed by atoms with Crippen molar-refractivity contribution in [2.24, 2.45) is 17.6 Å². The molecule has 3 N–H and O–H groups in total. The van der Waals surface area contributed by atoms with E-state index < -0.39 is 5.54 Å². The average molecular weight is 297 g/mol. The van der Waals surface area contributed by atoms with Gasteiger partial charge in [0.1, 0.15) is 5.54 Å². The summed E-state index contributed by atoms with van der Waals surface area (Å²) in [6, 6.07) is 0.552. The van der Waals surface area contributed by atoms with E-state index in [0.29, 0.717) is 17.9 Å². The highest BCUT2D eigenvalue weighted by atomic mass is 16.1. The van der Waals surface area contributed by atoms with E-state index in [2.05, 4.69) is 44.8 Å². The molecule has 0 aromatic rings. The van der Waals surface area contributed by atoms with Crippen molar-refractivity contribution >= 4 is 5.91 Å². The Labute approximate surface area is 130 Å². The summed E-state index contributed by atoms with van der Waals surface area (Å²) in [5, 5.41) is 3.41. The van der Waals surface area contributed by atoms with E-state index in [-0.39, 0.29) is 5.91 Å². The van der Waals surface area contributed by atoms with Crippen molar-refractivity contribution < 1.29 is 4.79 Å². The third-order valence-electron chi connectivity index (χ3n) is 4.85. The fourth-order valence-electron chi connectivity index (χ4n) is 3.78. The Hall–Kier alpha value is -0.610. The number of hydrogen-bond acceptors (Lipinski definition) is 3. The maximum absolute atomic E-state index is 12.0. The molecule has 0 aromatic carbocycles. The van der Waals surface area contributed by atoms with E-state index in [4.69, 9.17) is 5.73 Å². The number of hydrogen-bond donors (Lipinski definition) is 2. The summed E-state index contributed by atoms with van der Waals surface area (Å²) in [5.74, 6) is 0.890. The molecule has 1 aliphatic rings. The number of carbonyl (C=O) groups is 1. The van der Waals surface area contributed by atoms with Gasteiger partial charge in [-0.15, -0.1) is 0 Å². The molecule has 1 fully saturated rings. The lowest BCUT2D eigenvalue weighted by Crippen LogP contribution is -2.58. The van der Waals surface area contributed by atoms with E-state index >= 15 is 0 Å². The van der Waals surface area contributed by atoms with Gasteiger partial charge < -0.3 is 16.0 Å². The van der Waals surface area contributed by atoms with E-state index in [1.165, 1.54) is 0 Å². The number of rotatable bonds is 9. The van der Waals surface area contributed by atoms with Crippen molar-refractivity contribution in [3.05, 3.63) is 0 Å². The normalized spacial score (nSPS) is 26.2. The molecule has 1 rings (SSSR count). The predicted octanol–water partition coefficient (Wildman–Crippen LogP) is 2.38. The lowest BCUT2D eigenvalue weighted by molar-refractivity contribution is -0.126. The van der Waals surface area contributed by atoms with Gasteiger partial charge in [-0.2, -0.15) is 0 Å². The molecule has 2 atom stereocenters. The standard InChI is InChI=1S/C17H35N3O/c1-6-19-17(16(18)21)10-7-8-15(17)9-11-20(14(4)5)12-13(2)3/h13-15,19H,6-12H2,1-5H3,(H2,18,21). The Morgan fingerprint density at radius 2 is 2.05 bits per heavy atom. The molecule has 1 saturated carbocycles. The van der Waals surface area contributed by atoms with Crippen LogP contribution in [0, 0.1) is 11.8 Å². The quantitative estimate of drug-likeness (QED) is 0.687. The predicted molar refractivity (Wildman–Crippen MR) is 89.1 cm³/mol. The average Bonchev–Trinajstić information content (AvgIpc) is 2.78. The van der Waals surface area contributed by atoms with E-state index in [0.717, 1.165) is 45.3 Å². The van der Waals surface area contributed by atoms with Crippen LogP contribution in [0.4, 0.5) is 0 Å². The van der Waals surface area contributed by atoms with Crippen molar-refractivity contribution in [1.82, 2.24) is 10.2 Å². The Morgan fingerprint density at radius 1 is 1.38 bits per heavy atom. The monoisotopic (exact) mass is 297 g/mol. The molecule has 0 heterocycles. The van der Waals surface area contributed by atoms with Crippen LogP contribution in [0.3, 0.4) is 0 Å². The van der Waals surface area contributed by atoms with Crippen molar-refractivity contribution in [2.45, 2.75) is 71.9 Å². The van der Waals surface area contributed by atoms with Crippen LogP contribution >= 0.6 is 0 Å². The van der Waals surface area contributed by atoms with Crippen LogP contribution in [-0.4, -0.2) is 42.0 Å². The summed E-state index contributed by atoms with van der Waals surface area (Å²) < 4.78 is 0. The Balaban J connectivity index is 2.68. The van der Waals surface area contributed by atoms with Gasteiger partial charge in [0.25, 0.3) is 0 Å². The molecule has 0 bridgehead atoms. The second-order valence-electron chi connectivity index (χ2n) is 7.23. The second-order valence-corrected chi connectivity index (χ2v) is 7.23. The molecule has 21 heavy (non-hydrogen) atoms. The van der Waals surface area contributed by atoms with Crippen LogP contribution in [-0.2, 0) is 4.79 Å². The smallest absolute Gasteiger partial charge is 0.238 e.